The Kier molecular flexibility index (Phi) is 3.48. The second-order valence-corrected chi connectivity index (χ2v) is 5.49. The first-order valence-corrected chi connectivity index (χ1v) is 6.11. The van der Waals surface area contributed by atoms with Crippen LogP contribution in [-0.2, 0) is 0 Å². The topological polar surface area (TPSA) is 69.1 Å². The zero-order valence-corrected chi connectivity index (χ0v) is 10.9. The van der Waals surface area contributed by atoms with Crippen LogP contribution in [0.2, 0.25) is 0 Å². The van der Waals surface area contributed by atoms with Gasteiger partial charge in [0.15, 0.2) is 10.1 Å². The van der Waals surface area contributed by atoms with Crippen molar-refractivity contribution in [3.63, 3.8) is 0 Å². The lowest BCUT2D eigenvalue weighted by atomic mass is 9.93. The van der Waals surface area contributed by atoms with Gasteiger partial charge >= 0.3 is 0 Å². The zero-order chi connectivity index (χ0) is 13.3. The molecule has 1 aromatic carbocycles. The van der Waals surface area contributed by atoms with E-state index in [4.69, 9.17) is 34.7 Å². The molecule has 0 saturated heterocycles. The molecule has 0 heterocycles. The summed E-state index contributed by atoms with van der Waals surface area (Å²) in [4.78, 5) is 12.2. The Morgan fingerprint density at radius 3 is 2.44 bits per heavy atom. The van der Waals surface area contributed by atoms with Gasteiger partial charge in [0.1, 0.15) is 0 Å². The van der Waals surface area contributed by atoms with E-state index in [-0.39, 0.29) is 11.5 Å². The first-order chi connectivity index (χ1) is 8.43. The van der Waals surface area contributed by atoms with Crippen molar-refractivity contribution in [3.8, 4) is 0 Å². The molecule has 0 spiro atoms. The third-order valence-corrected chi connectivity index (χ3v) is 3.54. The molecule has 0 amide bonds. The standard InChI is InChI=1S/C13H12Cl2N2O/c14-13(15)7-6-9(10(16)12(13)17)11(18)8-4-2-1-3-5-8/h1-7,12H,16-17H2. The van der Waals surface area contributed by atoms with Crippen LogP contribution in [0.5, 0.6) is 0 Å². The molecule has 1 aliphatic rings. The number of alkyl halides is 2. The third-order valence-electron chi connectivity index (χ3n) is 2.81. The van der Waals surface area contributed by atoms with Crippen molar-refractivity contribution in [2.45, 2.75) is 10.4 Å². The van der Waals surface area contributed by atoms with Crippen LogP contribution >= 0.6 is 23.2 Å². The van der Waals surface area contributed by atoms with Crippen molar-refractivity contribution >= 4 is 29.0 Å². The maximum Gasteiger partial charge on any atom is 0.194 e. The lowest BCUT2D eigenvalue weighted by Crippen LogP contribution is -2.45. The predicted octanol–water partition coefficient (Wildman–Crippen LogP) is 2.15. The molecule has 3 nitrogen and oxygen atoms in total. The SMILES string of the molecule is NC1=C(C(=O)c2ccccc2)C=CC(Cl)(Cl)C1N. The number of rotatable bonds is 2. The van der Waals surface area contributed by atoms with Crippen molar-refractivity contribution in [3.05, 3.63) is 59.3 Å². The van der Waals surface area contributed by atoms with Gasteiger partial charge in [-0.1, -0.05) is 59.6 Å². The first kappa shape index (κ1) is 13.1. The van der Waals surface area contributed by atoms with E-state index >= 15 is 0 Å². The quantitative estimate of drug-likeness (QED) is 0.645. The number of halogens is 2. The summed E-state index contributed by atoms with van der Waals surface area (Å²) in [5.41, 5.74) is 12.8. The summed E-state index contributed by atoms with van der Waals surface area (Å²) in [5, 5.41) is 0. The molecule has 5 heteroatoms. The minimum atomic E-state index is -1.27. The van der Waals surface area contributed by atoms with Gasteiger partial charge in [0, 0.05) is 16.8 Å². The Bertz CT molecular complexity index is 535. The van der Waals surface area contributed by atoms with Crippen LogP contribution in [0.15, 0.2) is 53.8 Å². The lowest BCUT2D eigenvalue weighted by molar-refractivity contribution is 0.103. The van der Waals surface area contributed by atoms with E-state index in [2.05, 4.69) is 0 Å². The van der Waals surface area contributed by atoms with Gasteiger partial charge in [-0.15, -0.1) is 0 Å². The molecule has 0 radical (unpaired) electrons. The fourth-order valence-electron chi connectivity index (χ4n) is 1.72. The third kappa shape index (κ3) is 2.29. The molecular formula is C13H12Cl2N2O. The van der Waals surface area contributed by atoms with Gasteiger partial charge in [0.2, 0.25) is 0 Å². The summed E-state index contributed by atoms with van der Waals surface area (Å²) in [6, 6.07) is 8.03. The van der Waals surface area contributed by atoms with Gasteiger partial charge in [-0.2, -0.15) is 0 Å². The zero-order valence-electron chi connectivity index (χ0n) is 9.44. The Balaban J connectivity index is 2.39. The van der Waals surface area contributed by atoms with E-state index in [1.165, 1.54) is 12.2 Å². The van der Waals surface area contributed by atoms with Gasteiger partial charge in [-0.3, -0.25) is 4.79 Å². The molecule has 18 heavy (non-hydrogen) atoms. The van der Waals surface area contributed by atoms with E-state index in [9.17, 15) is 4.79 Å². The largest absolute Gasteiger partial charge is 0.400 e. The fourth-order valence-corrected chi connectivity index (χ4v) is 2.08. The number of allylic oxidation sites excluding steroid dienone is 2. The summed E-state index contributed by atoms with van der Waals surface area (Å²) in [7, 11) is 0. The Labute approximate surface area is 115 Å². The molecular weight excluding hydrogens is 271 g/mol. The van der Waals surface area contributed by atoms with Crippen LogP contribution in [0, 0.1) is 0 Å². The summed E-state index contributed by atoms with van der Waals surface area (Å²) < 4.78 is -1.27. The molecule has 0 aromatic heterocycles. The Morgan fingerprint density at radius 2 is 1.83 bits per heavy atom. The van der Waals surface area contributed by atoms with Crippen molar-refractivity contribution in [2.24, 2.45) is 11.5 Å². The van der Waals surface area contributed by atoms with Crippen molar-refractivity contribution in [1.82, 2.24) is 0 Å². The van der Waals surface area contributed by atoms with E-state index in [1.807, 2.05) is 6.07 Å². The average Bonchev–Trinajstić information content (AvgIpc) is 2.37. The molecule has 2 rings (SSSR count). The van der Waals surface area contributed by atoms with Crippen LogP contribution < -0.4 is 11.5 Å². The molecule has 94 valence electrons. The van der Waals surface area contributed by atoms with Gasteiger partial charge in [0.25, 0.3) is 0 Å². The molecule has 4 N–H and O–H groups in total. The summed E-state index contributed by atoms with van der Waals surface area (Å²) >= 11 is 11.9. The number of ketones is 1. The minimum absolute atomic E-state index is 0.191. The minimum Gasteiger partial charge on any atom is -0.400 e. The predicted molar refractivity (Wildman–Crippen MR) is 73.5 cm³/mol. The Morgan fingerprint density at radius 1 is 1.22 bits per heavy atom. The van der Waals surface area contributed by atoms with E-state index in [0.717, 1.165) is 0 Å². The number of hydrogen-bond acceptors (Lipinski definition) is 3. The van der Waals surface area contributed by atoms with Gasteiger partial charge in [-0.25, -0.2) is 0 Å². The fraction of sp³-hybridized carbons (Fsp3) is 0.154. The highest BCUT2D eigenvalue weighted by Gasteiger charge is 2.36. The van der Waals surface area contributed by atoms with E-state index in [1.54, 1.807) is 24.3 Å². The highest BCUT2D eigenvalue weighted by atomic mass is 35.5. The molecule has 1 atom stereocenters. The molecule has 1 unspecified atom stereocenters. The average molecular weight is 283 g/mol. The van der Waals surface area contributed by atoms with E-state index < -0.39 is 10.4 Å². The van der Waals surface area contributed by atoms with Gasteiger partial charge < -0.3 is 11.5 Å². The summed E-state index contributed by atoms with van der Waals surface area (Å²) in [6.07, 6.45) is 3.00. The summed E-state index contributed by atoms with van der Waals surface area (Å²) in [5.74, 6) is -0.191. The van der Waals surface area contributed by atoms with Crippen LogP contribution in [0.25, 0.3) is 0 Å². The van der Waals surface area contributed by atoms with Crippen LogP contribution in [-0.4, -0.2) is 16.2 Å². The van der Waals surface area contributed by atoms with E-state index in [0.29, 0.717) is 11.1 Å². The van der Waals surface area contributed by atoms with Crippen LogP contribution in [0.4, 0.5) is 0 Å². The maximum absolute atomic E-state index is 12.2. The molecule has 1 aromatic rings. The van der Waals surface area contributed by atoms with Crippen LogP contribution in [0.3, 0.4) is 0 Å². The van der Waals surface area contributed by atoms with Crippen molar-refractivity contribution < 1.29 is 4.79 Å². The maximum atomic E-state index is 12.2. The number of nitrogens with two attached hydrogens (primary N) is 2. The number of carbonyl (C=O) groups is 1. The Hall–Kier alpha value is -1.29. The molecule has 1 aliphatic carbocycles. The van der Waals surface area contributed by atoms with Crippen LogP contribution in [0.1, 0.15) is 10.4 Å². The van der Waals surface area contributed by atoms with Gasteiger partial charge in [0.05, 0.1) is 6.04 Å². The number of carbonyl (C=O) groups excluding carboxylic acids is 1. The second kappa shape index (κ2) is 4.76. The highest BCUT2D eigenvalue weighted by molar-refractivity contribution is 6.50. The first-order valence-electron chi connectivity index (χ1n) is 5.35. The lowest BCUT2D eigenvalue weighted by Gasteiger charge is -2.28. The van der Waals surface area contributed by atoms with Crippen molar-refractivity contribution in [2.75, 3.05) is 0 Å². The highest BCUT2D eigenvalue weighted by Crippen LogP contribution is 2.34. The monoisotopic (exact) mass is 282 g/mol. The summed E-state index contributed by atoms with van der Waals surface area (Å²) in [6.45, 7) is 0. The van der Waals surface area contributed by atoms with Crippen molar-refractivity contribution in [1.29, 1.82) is 0 Å². The number of hydrogen-bond donors (Lipinski definition) is 2. The molecule has 0 fully saturated rings. The molecule has 0 bridgehead atoms. The smallest absolute Gasteiger partial charge is 0.194 e. The number of benzene rings is 1. The molecule has 0 saturated carbocycles. The number of Topliss-reactive ketones (excluding diaryl/α,β-unsaturated/α-hetero) is 1. The molecule has 0 aliphatic heterocycles. The second-order valence-electron chi connectivity index (χ2n) is 4.05. The van der Waals surface area contributed by atoms with Gasteiger partial charge in [-0.05, 0) is 6.08 Å². The normalized spacial score (nSPS) is 22.1.